The van der Waals surface area contributed by atoms with Crippen LogP contribution in [0.25, 0.3) is 0 Å². The van der Waals surface area contributed by atoms with E-state index in [0.717, 1.165) is 22.8 Å². The van der Waals surface area contributed by atoms with Crippen molar-refractivity contribution in [3.63, 3.8) is 0 Å². The molecule has 2 aromatic rings. The van der Waals surface area contributed by atoms with E-state index in [0.29, 0.717) is 6.54 Å². The molecule has 0 saturated heterocycles. The van der Waals surface area contributed by atoms with Crippen molar-refractivity contribution in [2.75, 3.05) is 12.4 Å². The summed E-state index contributed by atoms with van der Waals surface area (Å²) in [7, 11) is 1.97. The van der Waals surface area contributed by atoms with Crippen molar-refractivity contribution in [2.24, 2.45) is 0 Å². The number of rotatable bonds is 6. The molecule has 22 heavy (non-hydrogen) atoms. The van der Waals surface area contributed by atoms with Crippen LogP contribution in [-0.2, 0) is 11.3 Å². The van der Waals surface area contributed by atoms with Crippen LogP contribution in [0.5, 0.6) is 0 Å². The second-order valence-electron chi connectivity index (χ2n) is 5.58. The summed E-state index contributed by atoms with van der Waals surface area (Å²) in [5, 5.41) is 6.08. The van der Waals surface area contributed by atoms with E-state index in [4.69, 9.17) is 0 Å². The highest BCUT2D eigenvalue weighted by molar-refractivity contribution is 7.09. The number of thiazole rings is 1. The molecular formula is C17H23N3OS. The molecule has 1 amide bonds. The molecule has 0 fully saturated rings. The van der Waals surface area contributed by atoms with Gasteiger partial charge in [-0.15, -0.1) is 11.3 Å². The highest BCUT2D eigenvalue weighted by Crippen LogP contribution is 2.15. The average molecular weight is 317 g/mol. The lowest BCUT2D eigenvalue weighted by Crippen LogP contribution is -2.41. The van der Waals surface area contributed by atoms with E-state index in [1.54, 1.807) is 11.3 Å². The minimum absolute atomic E-state index is 0.0298. The molecule has 0 aliphatic rings. The Balaban J connectivity index is 1.99. The molecule has 1 atom stereocenters. The first kappa shape index (κ1) is 16.6. The van der Waals surface area contributed by atoms with Crippen LogP contribution in [0.4, 0.5) is 5.69 Å². The summed E-state index contributed by atoms with van der Waals surface area (Å²) in [6.45, 7) is 6.74. The van der Waals surface area contributed by atoms with E-state index >= 15 is 0 Å². The fourth-order valence-corrected chi connectivity index (χ4v) is 3.19. The van der Waals surface area contributed by atoms with Gasteiger partial charge in [-0.05, 0) is 39.4 Å². The van der Waals surface area contributed by atoms with E-state index in [9.17, 15) is 4.79 Å². The third-order valence-electron chi connectivity index (χ3n) is 3.59. The number of likely N-dealkylation sites (N-methyl/N-ethyl adjacent to an activating group) is 1. The molecule has 5 heteroatoms. The molecule has 1 unspecified atom stereocenters. The lowest BCUT2D eigenvalue weighted by atomic mass is 10.1. The molecule has 0 aliphatic carbocycles. The number of anilines is 1. The molecule has 1 N–H and O–H groups in total. The molecule has 0 aliphatic heterocycles. The van der Waals surface area contributed by atoms with E-state index in [2.05, 4.69) is 15.2 Å². The van der Waals surface area contributed by atoms with Gasteiger partial charge in [0.05, 0.1) is 12.6 Å². The standard InChI is InChI=1S/C17H23N3OS/c1-5-15(20(4)10-16-18-13(3)11-22-16)17(21)19-14-8-6-12(2)7-9-14/h6-9,11,15H,5,10H2,1-4H3,(H,19,21). The normalized spacial score (nSPS) is 12.4. The number of nitrogens with one attached hydrogen (secondary N) is 1. The van der Waals surface area contributed by atoms with E-state index in [-0.39, 0.29) is 11.9 Å². The number of nitrogens with zero attached hydrogens (tertiary/aromatic N) is 2. The first-order valence-corrected chi connectivity index (χ1v) is 8.36. The van der Waals surface area contributed by atoms with Crippen LogP contribution in [0.1, 0.15) is 29.6 Å². The number of aryl methyl sites for hydroxylation is 2. The number of aromatic nitrogens is 1. The molecule has 118 valence electrons. The number of hydrogen-bond donors (Lipinski definition) is 1. The Morgan fingerprint density at radius 3 is 2.55 bits per heavy atom. The minimum Gasteiger partial charge on any atom is -0.325 e. The van der Waals surface area contributed by atoms with E-state index in [1.807, 2.05) is 57.5 Å². The van der Waals surface area contributed by atoms with Gasteiger partial charge in [0.1, 0.15) is 5.01 Å². The van der Waals surface area contributed by atoms with Crippen molar-refractivity contribution in [2.45, 2.75) is 39.8 Å². The molecular weight excluding hydrogens is 294 g/mol. The Labute approximate surface area is 136 Å². The van der Waals surface area contributed by atoms with Gasteiger partial charge in [0, 0.05) is 16.8 Å². The molecule has 0 saturated carbocycles. The minimum atomic E-state index is -0.162. The first-order chi connectivity index (χ1) is 10.5. The fourth-order valence-electron chi connectivity index (χ4n) is 2.36. The summed E-state index contributed by atoms with van der Waals surface area (Å²) >= 11 is 1.64. The van der Waals surface area contributed by atoms with Crippen molar-refractivity contribution in [1.29, 1.82) is 0 Å². The van der Waals surface area contributed by atoms with E-state index in [1.165, 1.54) is 5.56 Å². The largest absolute Gasteiger partial charge is 0.325 e. The van der Waals surface area contributed by atoms with Gasteiger partial charge >= 0.3 is 0 Å². The van der Waals surface area contributed by atoms with Crippen molar-refractivity contribution >= 4 is 22.9 Å². The summed E-state index contributed by atoms with van der Waals surface area (Å²) in [5.41, 5.74) is 3.05. The number of benzene rings is 1. The van der Waals surface area contributed by atoms with Gasteiger partial charge in [-0.1, -0.05) is 24.6 Å². The maximum Gasteiger partial charge on any atom is 0.241 e. The van der Waals surface area contributed by atoms with Gasteiger partial charge in [0.25, 0.3) is 0 Å². The summed E-state index contributed by atoms with van der Waals surface area (Å²) in [6, 6.07) is 7.71. The van der Waals surface area contributed by atoms with Crippen molar-refractivity contribution in [3.8, 4) is 0 Å². The van der Waals surface area contributed by atoms with Crippen LogP contribution in [-0.4, -0.2) is 28.9 Å². The molecule has 2 rings (SSSR count). The monoisotopic (exact) mass is 317 g/mol. The molecule has 1 heterocycles. The van der Waals surface area contributed by atoms with E-state index < -0.39 is 0 Å². The predicted octanol–water partition coefficient (Wildman–Crippen LogP) is 3.61. The van der Waals surface area contributed by atoms with Gasteiger partial charge < -0.3 is 5.32 Å². The van der Waals surface area contributed by atoms with Crippen molar-refractivity contribution < 1.29 is 4.79 Å². The second kappa shape index (κ2) is 7.51. The third kappa shape index (κ3) is 4.39. The van der Waals surface area contributed by atoms with Crippen LogP contribution < -0.4 is 5.32 Å². The van der Waals surface area contributed by atoms with Crippen LogP contribution in [0.3, 0.4) is 0 Å². The molecule has 0 bridgehead atoms. The van der Waals surface area contributed by atoms with Crippen LogP contribution in [0.2, 0.25) is 0 Å². The lowest BCUT2D eigenvalue weighted by molar-refractivity contribution is -0.121. The van der Waals surface area contributed by atoms with Crippen LogP contribution in [0.15, 0.2) is 29.6 Å². The summed E-state index contributed by atoms with van der Waals surface area (Å²) in [4.78, 5) is 19.0. The highest BCUT2D eigenvalue weighted by Gasteiger charge is 2.22. The average Bonchev–Trinajstić information content (AvgIpc) is 2.87. The molecule has 4 nitrogen and oxygen atoms in total. The van der Waals surface area contributed by atoms with Gasteiger partial charge in [-0.25, -0.2) is 4.98 Å². The third-order valence-corrected chi connectivity index (χ3v) is 4.54. The zero-order chi connectivity index (χ0) is 16.1. The maximum atomic E-state index is 12.5. The van der Waals surface area contributed by atoms with Crippen LogP contribution in [0, 0.1) is 13.8 Å². The van der Waals surface area contributed by atoms with Gasteiger partial charge in [0.15, 0.2) is 0 Å². The quantitative estimate of drug-likeness (QED) is 0.885. The predicted molar refractivity (Wildman–Crippen MR) is 92.2 cm³/mol. The maximum absolute atomic E-state index is 12.5. The zero-order valence-electron chi connectivity index (χ0n) is 13.6. The smallest absolute Gasteiger partial charge is 0.241 e. The zero-order valence-corrected chi connectivity index (χ0v) is 14.4. The number of carbonyl (C=O) groups excluding carboxylic acids is 1. The number of amides is 1. The number of hydrogen-bond acceptors (Lipinski definition) is 4. The molecule has 0 spiro atoms. The molecule has 1 aromatic heterocycles. The summed E-state index contributed by atoms with van der Waals surface area (Å²) in [5.74, 6) is 0.0298. The Morgan fingerprint density at radius 1 is 1.32 bits per heavy atom. The first-order valence-electron chi connectivity index (χ1n) is 7.48. The fraction of sp³-hybridized carbons (Fsp3) is 0.412. The van der Waals surface area contributed by atoms with Crippen molar-refractivity contribution in [1.82, 2.24) is 9.88 Å². The lowest BCUT2D eigenvalue weighted by Gasteiger charge is -2.25. The second-order valence-corrected chi connectivity index (χ2v) is 6.52. The summed E-state index contributed by atoms with van der Waals surface area (Å²) < 4.78 is 0. The van der Waals surface area contributed by atoms with Gasteiger partial charge in [0.2, 0.25) is 5.91 Å². The molecule has 0 radical (unpaired) electrons. The molecule has 1 aromatic carbocycles. The highest BCUT2D eigenvalue weighted by atomic mass is 32.1. The Hall–Kier alpha value is -1.72. The number of carbonyl (C=O) groups is 1. The Kier molecular flexibility index (Phi) is 5.69. The van der Waals surface area contributed by atoms with Crippen LogP contribution >= 0.6 is 11.3 Å². The topological polar surface area (TPSA) is 45.2 Å². The SMILES string of the molecule is CCC(C(=O)Nc1ccc(C)cc1)N(C)Cc1nc(C)cs1. The van der Waals surface area contributed by atoms with Gasteiger partial charge in [-0.2, -0.15) is 0 Å². The summed E-state index contributed by atoms with van der Waals surface area (Å²) in [6.07, 6.45) is 0.762. The van der Waals surface area contributed by atoms with Gasteiger partial charge in [-0.3, -0.25) is 9.69 Å². The Bertz CT molecular complexity index is 621. The van der Waals surface area contributed by atoms with Crippen molar-refractivity contribution in [3.05, 3.63) is 45.9 Å². The Morgan fingerprint density at radius 2 is 2.00 bits per heavy atom.